The van der Waals surface area contributed by atoms with Crippen LogP contribution < -0.4 is 5.32 Å². The van der Waals surface area contributed by atoms with Crippen LogP contribution >= 0.6 is 11.6 Å². The predicted octanol–water partition coefficient (Wildman–Crippen LogP) is 2.80. The van der Waals surface area contributed by atoms with Crippen molar-refractivity contribution in [2.75, 3.05) is 32.7 Å². The Morgan fingerprint density at radius 2 is 2.16 bits per heavy atom. The fourth-order valence-electron chi connectivity index (χ4n) is 1.97. The van der Waals surface area contributed by atoms with E-state index in [4.69, 9.17) is 20.8 Å². The number of methoxy groups -OCH3 is 2. The van der Waals surface area contributed by atoms with Crippen LogP contribution in [0.4, 0.5) is 10.5 Å². The molecule has 0 fully saturated rings. The second-order valence-electron chi connectivity index (χ2n) is 4.97. The molecule has 0 bridgehead atoms. The van der Waals surface area contributed by atoms with Gasteiger partial charge in [0.1, 0.15) is 6.26 Å². The number of ether oxygens (including phenoxy) is 2. The van der Waals surface area contributed by atoms with Gasteiger partial charge in [0.15, 0.2) is 5.69 Å². The number of urea groups is 1. The van der Waals surface area contributed by atoms with E-state index in [1.807, 2.05) is 0 Å². The van der Waals surface area contributed by atoms with Crippen LogP contribution in [0.3, 0.4) is 0 Å². The van der Waals surface area contributed by atoms with Crippen LogP contribution in [0.25, 0.3) is 0 Å². The molecule has 25 heavy (non-hydrogen) atoms. The van der Waals surface area contributed by atoms with E-state index in [-0.39, 0.29) is 24.2 Å². The fraction of sp³-hybridized carbons (Fsp3) is 0.312. The van der Waals surface area contributed by atoms with Crippen molar-refractivity contribution in [1.29, 1.82) is 0 Å². The molecular weight excluding hydrogens is 350 g/mol. The zero-order valence-electron chi connectivity index (χ0n) is 13.8. The zero-order chi connectivity index (χ0) is 18.2. The predicted molar refractivity (Wildman–Crippen MR) is 90.6 cm³/mol. The largest absolute Gasteiger partial charge is 0.464 e. The molecule has 8 nitrogen and oxygen atoms in total. The summed E-state index contributed by atoms with van der Waals surface area (Å²) in [6.45, 7) is 0.694. The molecule has 0 aliphatic rings. The van der Waals surface area contributed by atoms with Crippen molar-refractivity contribution >= 4 is 29.3 Å². The van der Waals surface area contributed by atoms with Crippen molar-refractivity contribution in [1.82, 2.24) is 9.88 Å². The van der Waals surface area contributed by atoms with Gasteiger partial charge in [-0.2, -0.15) is 0 Å². The first-order chi connectivity index (χ1) is 12.0. The smallest absolute Gasteiger partial charge is 0.360 e. The molecule has 0 saturated heterocycles. The molecule has 0 aliphatic heterocycles. The van der Waals surface area contributed by atoms with E-state index in [9.17, 15) is 9.59 Å². The maximum absolute atomic E-state index is 12.5. The highest BCUT2D eigenvalue weighted by Gasteiger charge is 2.19. The highest BCUT2D eigenvalue weighted by Crippen LogP contribution is 2.16. The number of carbonyl (C=O) groups is 2. The standard InChI is InChI=1S/C16H18ClN3O5/c1-23-7-6-20(9-14-19-13(10-25-14)15(21)24-2)16(22)18-12-5-3-4-11(17)8-12/h3-5,8,10H,6-7,9H2,1-2H3,(H,18,22). The minimum absolute atomic E-state index is 0.0411. The van der Waals surface area contributed by atoms with Crippen LogP contribution in [0.5, 0.6) is 0 Å². The van der Waals surface area contributed by atoms with Gasteiger partial charge >= 0.3 is 12.0 Å². The molecule has 134 valence electrons. The summed E-state index contributed by atoms with van der Waals surface area (Å²) in [4.78, 5) is 29.4. The van der Waals surface area contributed by atoms with Gasteiger partial charge in [-0.3, -0.25) is 0 Å². The van der Waals surface area contributed by atoms with Crippen LogP contribution in [0, 0.1) is 0 Å². The zero-order valence-corrected chi connectivity index (χ0v) is 14.6. The molecule has 2 rings (SSSR count). The van der Waals surface area contributed by atoms with E-state index < -0.39 is 5.97 Å². The third-order valence-corrected chi connectivity index (χ3v) is 3.44. The van der Waals surface area contributed by atoms with E-state index >= 15 is 0 Å². The SMILES string of the molecule is COCCN(Cc1nc(C(=O)OC)co1)C(=O)Nc1cccc(Cl)c1. The number of nitrogens with one attached hydrogen (secondary N) is 1. The summed E-state index contributed by atoms with van der Waals surface area (Å²) in [6.07, 6.45) is 1.19. The van der Waals surface area contributed by atoms with E-state index in [0.717, 1.165) is 0 Å². The number of aromatic nitrogens is 1. The van der Waals surface area contributed by atoms with Crippen LogP contribution in [-0.4, -0.2) is 49.3 Å². The lowest BCUT2D eigenvalue weighted by Crippen LogP contribution is -2.37. The normalized spacial score (nSPS) is 10.4. The Kier molecular flexibility index (Phi) is 6.79. The molecule has 9 heteroatoms. The van der Waals surface area contributed by atoms with Crippen LogP contribution in [0.15, 0.2) is 34.9 Å². The van der Waals surface area contributed by atoms with Crippen molar-refractivity contribution in [3.63, 3.8) is 0 Å². The van der Waals surface area contributed by atoms with Crippen LogP contribution in [0.2, 0.25) is 5.02 Å². The molecule has 0 unspecified atom stereocenters. The molecule has 1 heterocycles. The molecular formula is C16H18ClN3O5. The Labute approximate surface area is 149 Å². The van der Waals surface area contributed by atoms with E-state index in [0.29, 0.717) is 23.9 Å². The van der Waals surface area contributed by atoms with E-state index in [2.05, 4.69) is 15.0 Å². The number of carbonyl (C=O) groups excluding carboxylic acids is 2. The number of hydrogen-bond donors (Lipinski definition) is 1. The number of nitrogens with zero attached hydrogens (tertiary/aromatic N) is 2. The van der Waals surface area contributed by atoms with Crippen molar-refractivity contribution in [3.8, 4) is 0 Å². The summed E-state index contributed by atoms with van der Waals surface area (Å²) >= 11 is 5.91. The Morgan fingerprint density at radius 1 is 1.36 bits per heavy atom. The van der Waals surface area contributed by atoms with Gasteiger partial charge in [0, 0.05) is 24.4 Å². The van der Waals surface area contributed by atoms with Gasteiger partial charge in [0.25, 0.3) is 0 Å². The molecule has 0 atom stereocenters. The number of benzene rings is 1. The molecule has 2 aromatic rings. The Morgan fingerprint density at radius 3 is 2.84 bits per heavy atom. The van der Waals surface area contributed by atoms with Gasteiger partial charge in [-0.25, -0.2) is 14.6 Å². The molecule has 2 amide bonds. The number of hydrogen-bond acceptors (Lipinski definition) is 6. The van der Waals surface area contributed by atoms with Crippen LogP contribution in [-0.2, 0) is 16.0 Å². The van der Waals surface area contributed by atoms with Gasteiger partial charge in [0.05, 0.1) is 20.3 Å². The molecule has 0 spiro atoms. The molecule has 0 radical (unpaired) electrons. The Balaban J connectivity index is 2.08. The average Bonchev–Trinajstić information content (AvgIpc) is 3.06. The summed E-state index contributed by atoms with van der Waals surface area (Å²) in [5, 5.41) is 3.25. The first kappa shape index (κ1) is 18.8. The highest BCUT2D eigenvalue weighted by molar-refractivity contribution is 6.30. The maximum Gasteiger partial charge on any atom is 0.360 e. The summed E-state index contributed by atoms with van der Waals surface area (Å²) < 4.78 is 14.8. The van der Waals surface area contributed by atoms with Crippen molar-refractivity contribution in [2.24, 2.45) is 0 Å². The van der Waals surface area contributed by atoms with Gasteiger partial charge in [0.2, 0.25) is 5.89 Å². The number of anilines is 1. The molecule has 1 aromatic heterocycles. The molecule has 1 N–H and O–H groups in total. The lowest BCUT2D eigenvalue weighted by Gasteiger charge is -2.21. The van der Waals surface area contributed by atoms with E-state index in [1.54, 1.807) is 24.3 Å². The topological polar surface area (TPSA) is 93.9 Å². The number of rotatable bonds is 7. The number of amides is 2. The van der Waals surface area contributed by atoms with E-state index in [1.165, 1.54) is 25.4 Å². The third kappa shape index (κ3) is 5.47. The van der Waals surface area contributed by atoms with Crippen LogP contribution in [0.1, 0.15) is 16.4 Å². The minimum Gasteiger partial charge on any atom is -0.464 e. The lowest BCUT2D eigenvalue weighted by molar-refractivity contribution is 0.0594. The summed E-state index contributed by atoms with van der Waals surface area (Å²) in [5.41, 5.74) is 0.599. The van der Waals surface area contributed by atoms with Crippen molar-refractivity contribution in [3.05, 3.63) is 47.1 Å². The second kappa shape index (κ2) is 9.05. The first-order valence-corrected chi connectivity index (χ1v) is 7.74. The molecule has 0 saturated carbocycles. The van der Waals surface area contributed by atoms with Gasteiger partial charge < -0.3 is 24.1 Å². The Hall–Kier alpha value is -2.58. The Bertz CT molecular complexity index is 734. The summed E-state index contributed by atoms with van der Waals surface area (Å²) in [5.74, 6) is -0.403. The summed E-state index contributed by atoms with van der Waals surface area (Å²) in [7, 11) is 2.79. The average molecular weight is 368 g/mol. The maximum atomic E-state index is 12.5. The van der Waals surface area contributed by atoms with Gasteiger partial charge in [-0.1, -0.05) is 17.7 Å². The summed E-state index contributed by atoms with van der Waals surface area (Å²) in [6, 6.07) is 6.42. The van der Waals surface area contributed by atoms with Crippen molar-refractivity contribution in [2.45, 2.75) is 6.54 Å². The fourth-order valence-corrected chi connectivity index (χ4v) is 2.16. The van der Waals surface area contributed by atoms with Gasteiger partial charge in [-0.15, -0.1) is 0 Å². The number of esters is 1. The highest BCUT2D eigenvalue weighted by atomic mass is 35.5. The minimum atomic E-state index is -0.609. The lowest BCUT2D eigenvalue weighted by atomic mass is 10.3. The second-order valence-corrected chi connectivity index (χ2v) is 5.41. The number of oxazole rings is 1. The third-order valence-electron chi connectivity index (χ3n) is 3.20. The number of halogens is 1. The van der Waals surface area contributed by atoms with Crippen molar-refractivity contribution < 1.29 is 23.5 Å². The monoisotopic (exact) mass is 367 g/mol. The molecule has 1 aromatic carbocycles. The first-order valence-electron chi connectivity index (χ1n) is 7.36. The van der Waals surface area contributed by atoms with Gasteiger partial charge in [-0.05, 0) is 18.2 Å². The molecule has 0 aliphatic carbocycles. The quantitative estimate of drug-likeness (QED) is 0.756.